The summed E-state index contributed by atoms with van der Waals surface area (Å²) < 4.78 is 70.4. The fourth-order valence-electron chi connectivity index (χ4n) is 6.27. The van der Waals surface area contributed by atoms with Crippen LogP contribution in [0.25, 0.3) is 0 Å². The number of rotatable bonds is 27. The van der Waals surface area contributed by atoms with Gasteiger partial charge in [-0.15, -0.1) is 0 Å². The lowest BCUT2D eigenvalue weighted by Crippen LogP contribution is -2.52. The predicted molar refractivity (Wildman–Crippen MR) is 248 cm³/mol. The zero-order valence-corrected chi connectivity index (χ0v) is 38.2. The topological polar surface area (TPSA) is 424 Å². The Kier molecular flexibility index (Phi) is 19.4. The molecule has 0 heterocycles. The van der Waals surface area contributed by atoms with E-state index >= 15 is 0 Å². The Morgan fingerprint density at radius 2 is 0.843 bits per heavy atom. The monoisotopic (exact) mass is 1010 g/mol. The van der Waals surface area contributed by atoms with Gasteiger partial charge in [0.2, 0.25) is 0 Å². The molecule has 4 rings (SSSR count). The molecule has 0 radical (unpaired) electrons. The number of nitrogens with two attached hydrogens (primary N) is 2. The molecule has 0 saturated heterocycles. The van der Waals surface area contributed by atoms with Crippen LogP contribution < -0.4 is 41.0 Å². The summed E-state index contributed by atoms with van der Waals surface area (Å²) in [5, 5.41) is 58.4. The van der Waals surface area contributed by atoms with Crippen molar-refractivity contribution in [1.29, 1.82) is 10.8 Å². The first-order valence-corrected chi connectivity index (χ1v) is 23.3. The number of nitrogens with one attached hydrogen (secondary N) is 6. The summed E-state index contributed by atoms with van der Waals surface area (Å²) in [5.41, 5.74) is 12.4. The Labute approximate surface area is 399 Å². The van der Waals surface area contributed by atoms with Crippen molar-refractivity contribution < 1.29 is 75.5 Å². The van der Waals surface area contributed by atoms with Crippen molar-refractivity contribution in [3.8, 4) is 11.5 Å². The van der Waals surface area contributed by atoms with E-state index in [-0.39, 0.29) is 45.7 Å². The van der Waals surface area contributed by atoms with Gasteiger partial charge in [-0.25, -0.2) is 9.59 Å². The van der Waals surface area contributed by atoms with E-state index in [1.807, 2.05) is 0 Å². The van der Waals surface area contributed by atoms with E-state index < -0.39 is 120 Å². The van der Waals surface area contributed by atoms with E-state index in [1.54, 1.807) is 0 Å². The summed E-state index contributed by atoms with van der Waals surface area (Å²) in [6.45, 7) is -2.43. The third kappa shape index (κ3) is 16.9. The van der Waals surface area contributed by atoms with Crippen molar-refractivity contribution in [3.63, 3.8) is 0 Å². The molecule has 4 aromatic rings. The summed E-state index contributed by atoms with van der Waals surface area (Å²) in [4.78, 5) is 73.2. The number of aliphatic carboxylic acids is 4. The van der Waals surface area contributed by atoms with E-state index in [4.69, 9.17) is 31.8 Å². The molecule has 2 unspecified atom stereocenters. The van der Waals surface area contributed by atoms with E-state index in [0.29, 0.717) is 20.0 Å². The number of anilines is 2. The summed E-state index contributed by atoms with van der Waals surface area (Å²) in [6.07, 6.45) is -3.19. The Morgan fingerprint density at radius 1 is 0.529 bits per heavy atom. The van der Waals surface area contributed by atoms with Gasteiger partial charge in [-0.2, -0.15) is 34.9 Å². The van der Waals surface area contributed by atoms with Gasteiger partial charge >= 0.3 is 35.8 Å². The molecule has 0 aliphatic heterocycles. The average molecular weight is 1010 g/mol. The van der Waals surface area contributed by atoms with Crippen molar-refractivity contribution in [2.75, 3.05) is 23.7 Å². The molecule has 0 bridgehead atoms. The molecule has 4 aromatic carbocycles. The Morgan fingerprint density at radius 3 is 1.11 bits per heavy atom. The van der Waals surface area contributed by atoms with Gasteiger partial charge in [0.15, 0.2) is 11.9 Å². The smallest absolute Gasteiger partial charge is 0.343 e. The van der Waals surface area contributed by atoms with E-state index in [1.165, 1.54) is 97.1 Å². The molecule has 0 amide bonds. The van der Waals surface area contributed by atoms with E-state index in [9.17, 15) is 66.0 Å². The first-order chi connectivity index (χ1) is 32.9. The maximum Gasteiger partial charge on any atom is 0.343 e. The summed E-state index contributed by atoms with van der Waals surface area (Å²) >= 11 is 0. The number of nitrogens with zero attached hydrogens (tertiary/aromatic N) is 2. The number of esters is 2. The minimum atomic E-state index is -4.86. The van der Waals surface area contributed by atoms with Gasteiger partial charge in [-0.3, -0.25) is 30.0 Å². The second-order valence-corrected chi connectivity index (χ2v) is 18.2. The SMILES string of the molecule is N=C(N)Nc1ccc(C(=O)Oc2ccc(CNS(=O)(=O)N(CCCCN(C(CC(=O)O)C(=O)O)S(=O)(=O)NCc3ccc(OC(=O)c4ccc(NC(=N)N)cc4)cc3)C(CC(=O)O)C(=O)O)cc2)cc1. The Bertz CT molecular complexity index is 2590. The van der Waals surface area contributed by atoms with Gasteiger partial charge in [-0.05, 0) is 96.8 Å². The summed E-state index contributed by atoms with van der Waals surface area (Å²) in [5.74, 6) is -9.01. The van der Waals surface area contributed by atoms with E-state index in [2.05, 4.69) is 20.1 Å². The Hall–Kier alpha value is -8.02. The molecule has 14 N–H and O–H groups in total. The highest BCUT2D eigenvalue weighted by Crippen LogP contribution is 2.21. The number of carboxylic acids is 4. The number of carboxylic acid groups (broad SMARTS) is 4. The van der Waals surface area contributed by atoms with Crippen LogP contribution in [0.4, 0.5) is 11.4 Å². The van der Waals surface area contributed by atoms with Crippen molar-refractivity contribution in [3.05, 3.63) is 119 Å². The van der Waals surface area contributed by atoms with Gasteiger partial charge in [0.05, 0.1) is 24.0 Å². The van der Waals surface area contributed by atoms with Crippen molar-refractivity contribution in [2.24, 2.45) is 11.5 Å². The number of hydrogen-bond donors (Lipinski definition) is 12. The highest BCUT2D eigenvalue weighted by Gasteiger charge is 2.38. The van der Waals surface area contributed by atoms with Gasteiger partial charge in [0, 0.05) is 37.6 Å². The second kappa shape index (κ2) is 24.8. The molecule has 0 fully saturated rings. The molecule has 0 aliphatic carbocycles. The van der Waals surface area contributed by atoms with Crippen LogP contribution in [0.3, 0.4) is 0 Å². The number of unbranched alkanes of at least 4 members (excludes halogenated alkanes) is 1. The lowest BCUT2D eigenvalue weighted by Gasteiger charge is -2.29. The first kappa shape index (κ1) is 54.6. The fourth-order valence-corrected chi connectivity index (χ4v) is 9.03. The van der Waals surface area contributed by atoms with Crippen LogP contribution in [0.1, 0.15) is 57.5 Å². The molecule has 0 spiro atoms. The van der Waals surface area contributed by atoms with Crippen LogP contribution in [0.5, 0.6) is 11.5 Å². The predicted octanol–water partition coefficient (Wildman–Crippen LogP) is 1.34. The number of benzene rings is 4. The molecular weight excluding hydrogens is 965 g/mol. The van der Waals surface area contributed by atoms with Crippen molar-refractivity contribution in [1.82, 2.24) is 18.1 Å². The van der Waals surface area contributed by atoms with E-state index in [0.717, 1.165) is 0 Å². The van der Waals surface area contributed by atoms with Crippen LogP contribution in [0.2, 0.25) is 0 Å². The van der Waals surface area contributed by atoms with Gasteiger partial charge in [0.1, 0.15) is 23.6 Å². The Balaban J connectivity index is 1.43. The molecule has 26 nitrogen and oxygen atoms in total. The number of ether oxygens (including phenoxy) is 2. The molecule has 28 heteroatoms. The highest BCUT2D eigenvalue weighted by atomic mass is 32.2. The summed E-state index contributed by atoms with van der Waals surface area (Å²) in [6, 6.07) is 18.2. The zero-order valence-electron chi connectivity index (χ0n) is 36.6. The number of hydrogen-bond acceptors (Lipinski definition) is 14. The molecule has 0 aromatic heterocycles. The molecule has 2 atom stereocenters. The van der Waals surface area contributed by atoms with Crippen LogP contribution in [-0.2, 0) is 52.7 Å². The molecule has 0 saturated carbocycles. The quantitative estimate of drug-likeness (QED) is 0.0132. The van der Waals surface area contributed by atoms with Crippen LogP contribution in [0.15, 0.2) is 97.1 Å². The number of carbonyl (C=O) groups is 6. The first-order valence-electron chi connectivity index (χ1n) is 20.4. The highest BCUT2D eigenvalue weighted by molar-refractivity contribution is 7.87. The molecule has 374 valence electrons. The van der Waals surface area contributed by atoms with Crippen LogP contribution in [0, 0.1) is 10.8 Å². The molecule has 0 aliphatic rings. The largest absolute Gasteiger partial charge is 0.481 e. The summed E-state index contributed by atoms with van der Waals surface area (Å²) in [7, 11) is -9.72. The number of guanidine groups is 2. The standard InChI is InChI=1S/C42H48N10O16S2/c43-41(44)49-29-11-7-27(8-12-29)39(61)67-31-15-3-25(4-16-31)23-47-69(63,64)51(33(37(57)58)21-35(53)54)19-1-2-20-52(34(38(59)60)22-36(55)56)70(65,66)48-24-26-5-17-32(18-6-26)68-40(62)28-9-13-30(14-10-28)50-42(45)46/h3-18,33-34,47-48H,1-2,19-24H2,(H,53,54)(H,55,56)(H,57,58)(H,59,60)(H4,43,44,49)(H4,45,46,50). The van der Waals surface area contributed by atoms with Gasteiger partial charge in [0.25, 0.3) is 20.4 Å². The van der Waals surface area contributed by atoms with Crippen LogP contribution in [-0.4, -0.2) is 119 Å². The fraction of sp³-hybridized carbons (Fsp3) is 0.238. The lowest BCUT2D eigenvalue weighted by atomic mass is 10.2. The zero-order chi connectivity index (χ0) is 51.8. The minimum Gasteiger partial charge on any atom is -0.481 e. The van der Waals surface area contributed by atoms with Crippen molar-refractivity contribution in [2.45, 2.75) is 50.9 Å². The van der Waals surface area contributed by atoms with Gasteiger partial charge < -0.3 is 52.0 Å². The normalized spacial score (nSPS) is 12.3. The third-order valence-electron chi connectivity index (χ3n) is 9.61. The minimum absolute atomic E-state index is 0.0657. The maximum atomic E-state index is 13.7. The second-order valence-electron chi connectivity index (χ2n) is 14.8. The number of carbonyl (C=O) groups excluding carboxylic acids is 2. The average Bonchev–Trinajstić information content (AvgIpc) is 3.28. The molecule has 70 heavy (non-hydrogen) atoms. The lowest BCUT2D eigenvalue weighted by molar-refractivity contribution is -0.148. The van der Waals surface area contributed by atoms with Crippen molar-refractivity contribution >= 4 is 79.5 Å². The third-order valence-corrected chi connectivity index (χ3v) is 12.7. The van der Waals surface area contributed by atoms with Crippen LogP contribution >= 0.6 is 0 Å². The van der Waals surface area contributed by atoms with Gasteiger partial charge in [-0.1, -0.05) is 24.3 Å². The molecular formula is C42H48N10O16S2. The maximum absolute atomic E-state index is 13.7.